The Balaban J connectivity index is 3.61. The third-order valence-corrected chi connectivity index (χ3v) is 2.18. The fourth-order valence-corrected chi connectivity index (χ4v) is 1.67. The van der Waals surface area contributed by atoms with Crippen LogP contribution in [0.25, 0.3) is 0 Å². The molecule has 2 atom stereocenters. The molecule has 2 unspecified atom stereocenters. The Kier molecular flexibility index (Phi) is 7.17. The van der Waals surface area contributed by atoms with Crippen LogP contribution >= 0.6 is 0 Å². The normalized spacial score (nSPS) is 15.6. The molecule has 1 heteroatoms. The van der Waals surface area contributed by atoms with Crippen molar-refractivity contribution in [1.82, 2.24) is 0 Å². The van der Waals surface area contributed by atoms with E-state index in [1.54, 1.807) is 0 Å². The van der Waals surface area contributed by atoms with Crippen LogP contribution in [0.15, 0.2) is 12.7 Å². The average Bonchev–Trinajstić information content (AvgIpc) is 2.00. The molecule has 0 rings (SSSR count). The van der Waals surface area contributed by atoms with Gasteiger partial charge in [0.25, 0.3) is 0 Å². The van der Waals surface area contributed by atoms with E-state index in [0.717, 1.165) is 12.3 Å². The first kappa shape index (κ1) is 11.7. The van der Waals surface area contributed by atoms with E-state index in [9.17, 15) is 0 Å². The summed E-state index contributed by atoms with van der Waals surface area (Å²) in [7, 11) is 0. The molecule has 0 bridgehead atoms. The molecule has 0 aromatic heterocycles. The van der Waals surface area contributed by atoms with Crippen LogP contribution in [-0.2, 0) is 0 Å². The van der Waals surface area contributed by atoms with E-state index in [-0.39, 0.29) is 0 Å². The minimum atomic E-state index is 0.353. The van der Waals surface area contributed by atoms with Crippen molar-refractivity contribution >= 4 is 0 Å². The van der Waals surface area contributed by atoms with Gasteiger partial charge in [0.05, 0.1) is 0 Å². The molecule has 0 aliphatic rings. The fraction of sp³-hybridized carbons (Fsp3) is 0.818. The zero-order valence-corrected chi connectivity index (χ0v) is 8.55. The maximum Gasteiger partial charge on any atom is 0.00131 e. The second-order valence-corrected chi connectivity index (χ2v) is 3.73. The van der Waals surface area contributed by atoms with E-state index < -0.39 is 0 Å². The zero-order chi connectivity index (χ0) is 9.40. The number of hydrogen-bond acceptors (Lipinski definition) is 1. The summed E-state index contributed by atoms with van der Waals surface area (Å²) in [6.07, 6.45) is 8.16. The number of nitrogens with two attached hydrogens (primary N) is 1. The number of allylic oxidation sites excluding steroid dienone is 1. The lowest BCUT2D eigenvalue weighted by atomic mass is 9.92. The zero-order valence-electron chi connectivity index (χ0n) is 8.55. The Morgan fingerprint density at radius 2 is 2.08 bits per heavy atom. The molecule has 12 heavy (non-hydrogen) atoms. The highest BCUT2D eigenvalue weighted by Crippen LogP contribution is 2.18. The topological polar surface area (TPSA) is 26.0 Å². The van der Waals surface area contributed by atoms with Crippen molar-refractivity contribution in [2.75, 3.05) is 0 Å². The highest BCUT2D eigenvalue weighted by molar-refractivity contribution is 4.71. The molecule has 2 N–H and O–H groups in total. The standard InChI is InChI=1S/C11H23N/c1-4-6-8-11(7-5-2)9-10(3)12/h4,10-11H,1,5-9,12H2,2-3H3. The predicted octanol–water partition coefficient (Wildman–Crippen LogP) is 3.11. The first-order valence-electron chi connectivity index (χ1n) is 5.07. The van der Waals surface area contributed by atoms with E-state index in [0.29, 0.717) is 6.04 Å². The first-order valence-corrected chi connectivity index (χ1v) is 5.07. The molecule has 0 aromatic carbocycles. The minimum absolute atomic E-state index is 0.353. The van der Waals surface area contributed by atoms with Crippen LogP contribution in [0.1, 0.15) is 46.0 Å². The third kappa shape index (κ3) is 6.41. The molecule has 0 aromatic rings. The minimum Gasteiger partial charge on any atom is -0.328 e. The molecule has 1 nitrogen and oxygen atoms in total. The van der Waals surface area contributed by atoms with Gasteiger partial charge in [0.2, 0.25) is 0 Å². The second kappa shape index (κ2) is 7.35. The molecule has 0 aliphatic heterocycles. The fourth-order valence-electron chi connectivity index (χ4n) is 1.67. The van der Waals surface area contributed by atoms with E-state index in [1.807, 2.05) is 6.08 Å². The monoisotopic (exact) mass is 169 g/mol. The Hall–Kier alpha value is -0.300. The third-order valence-electron chi connectivity index (χ3n) is 2.18. The molecular weight excluding hydrogens is 146 g/mol. The molecule has 0 amide bonds. The summed E-state index contributed by atoms with van der Waals surface area (Å²) >= 11 is 0. The quantitative estimate of drug-likeness (QED) is 0.582. The van der Waals surface area contributed by atoms with Crippen LogP contribution in [0.4, 0.5) is 0 Å². The van der Waals surface area contributed by atoms with E-state index in [2.05, 4.69) is 20.4 Å². The number of hydrogen-bond donors (Lipinski definition) is 1. The molecular formula is C11H23N. The second-order valence-electron chi connectivity index (χ2n) is 3.73. The van der Waals surface area contributed by atoms with Gasteiger partial charge in [-0.15, -0.1) is 6.58 Å². The predicted molar refractivity (Wildman–Crippen MR) is 56.1 cm³/mol. The van der Waals surface area contributed by atoms with Gasteiger partial charge in [-0.3, -0.25) is 0 Å². The van der Waals surface area contributed by atoms with Gasteiger partial charge in [-0.05, 0) is 32.1 Å². The van der Waals surface area contributed by atoms with E-state index >= 15 is 0 Å². The Morgan fingerprint density at radius 1 is 1.42 bits per heavy atom. The van der Waals surface area contributed by atoms with Gasteiger partial charge >= 0.3 is 0 Å². The van der Waals surface area contributed by atoms with Crippen LogP contribution in [0.3, 0.4) is 0 Å². The number of rotatable bonds is 7. The van der Waals surface area contributed by atoms with Crippen molar-refractivity contribution in [2.24, 2.45) is 11.7 Å². The molecule has 0 aliphatic carbocycles. The smallest absolute Gasteiger partial charge is 0.00131 e. The van der Waals surface area contributed by atoms with Crippen LogP contribution in [-0.4, -0.2) is 6.04 Å². The van der Waals surface area contributed by atoms with Crippen LogP contribution in [0.5, 0.6) is 0 Å². The Labute approximate surface area is 77.0 Å². The van der Waals surface area contributed by atoms with Gasteiger partial charge in [-0.1, -0.05) is 25.8 Å². The summed E-state index contributed by atoms with van der Waals surface area (Å²) in [5, 5.41) is 0. The molecule has 0 saturated carbocycles. The van der Waals surface area contributed by atoms with Crippen molar-refractivity contribution in [3.63, 3.8) is 0 Å². The van der Waals surface area contributed by atoms with Crippen LogP contribution in [0, 0.1) is 5.92 Å². The molecule has 0 heterocycles. The molecule has 0 saturated heterocycles. The summed E-state index contributed by atoms with van der Waals surface area (Å²) in [4.78, 5) is 0. The van der Waals surface area contributed by atoms with E-state index in [4.69, 9.17) is 5.73 Å². The SMILES string of the molecule is C=CCCC(CCC)CC(C)N. The van der Waals surface area contributed by atoms with Gasteiger partial charge in [0, 0.05) is 6.04 Å². The Morgan fingerprint density at radius 3 is 2.50 bits per heavy atom. The van der Waals surface area contributed by atoms with Crippen molar-refractivity contribution in [2.45, 2.75) is 52.0 Å². The van der Waals surface area contributed by atoms with Crippen molar-refractivity contribution in [3.05, 3.63) is 12.7 Å². The molecule has 72 valence electrons. The lowest BCUT2D eigenvalue weighted by Crippen LogP contribution is -2.19. The maximum atomic E-state index is 5.77. The molecule has 0 spiro atoms. The summed E-state index contributed by atoms with van der Waals surface area (Å²) < 4.78 is 0. The van der Waals surface area contributed by atoms with Gasteiger partial charge < -0.3 is 5.73 Å². The molecule has 0 fully saturated rings. The largest absolute Gasteiger partial charge is 0.328 e. The highest BCUT2D eigenvalue weighted by Gasteiger charge is 2.08. The lowest BCUT2D eigenvalue weighted by molar-refractivity contribution is 0.391. The lowest BCUT2D eigenvalue weighted by Gasteiger charge is -2.17. The molecule has 0 radical (unpaired) electrons. The van der Waals surface area contributed by atoms with Gasteiger partial charge in [-0.25, -0.2) is 0 Å². The summed E-state index contributed by atoms with van der Waals surface area (Å²) in [5.41, 5.74) is 5.77. The van der Waals surface area contributed by atoms with Gasteiger partial charge in [0.15, 0.2) is 0 Å². The summed E-state index contributed by atoms with van der Waals surface area (Å²) in [6.45, 7) is 8.07. The first-order chi connectivity index (χ1) is 5.70. The van der Waals surface area contributed by atoms with Gasteiger partial charge in [-0.2, -0.15) is 0 Å². The average molecular weight is 169 g/mol. The van der Waals surface area contributed by atoms with E-state index in [1.165, 1.54) is 25.7 Å². The highest BCUT2D eigenvalue weighted by atomic mass is 14.6. The van der Waals surface area contributed by atoms with Crippen molar-refractivity contribution < 1.29 is 0 Å². The van der Waals surface area contributed by atoms with Crippen LogP contribution < -0.4 is 5.73 Å². The van der Waals surface area contributed by atoms with Crippen LogP contribution in [0.2, 0.25) is 0 Å². The summed E-state index contributed by atoms with van der Waals surface area (Å²) in [5.74, 6) is 0.813. The van der Waals surface area contributed by atoms with Crippen molar-refractivity contribution in [3.8, 4) is 0 Å². The maximum absolute atomic E-state index is 5.77. The Bertz CT molecular complexity index is 108. The van der Waals surface area contributed by atoms with Gasteiger partial charge in [0.1, 0.15) is 0 Å². The van der Waals surface area contributed by atoms with Crippen molar-refractivity contribution in [1.29, 1.82) is 0 Å². The summed E-state index contributed by atoms with van der Waals surface area (Å²) in [6, 6.07) is 0.353.